The summed E-state index contributed by atoms with van der Waals surface area (Å²) in [6, 6.07) is 9.74. The predicted octanol–water partition coefficient (Wildman–Crippen LogP) is 4.02. The lowest BCUT2D eigenvalue weighted by Gasteiger charge is -2.37. The second kappa shape index (κ2) is 5.80. The van der Waals surface area contributed by atoms with Gasteiger partial charge in [0, 0.05) is 23.5 Å². The number of thioether (sulfide) groups is 1. The van der Waals surface area contributed by atoms with E-state index in [2.05, 4.69) is 6.58 Å². The number of benzene rings is 1. The van der Waals surface area contributed by atoms with Crippen molar-refractivity contribution in [1.29, 1.82) is 0 Å². The van der Waals surface area contributed by atoms with Crippen molar-refractivity contribution in [3.05, 3.63) is 48.6 Å². The molecule has 1 heterocycles. The summed E-state index contributed by atoms with van der Waals surface area (Å²) < 4.78 is -1.01. The van der Waals surface area contributed by atoms with E-state index >= 15 is 0 Å². The van der Waals surface area contributed by atoms with E-state index in [4.69, 9.17) is 0 Å². The average Bonchev–Trinajstić information content (AvgIpc) is 2.82. The fourth-order valence-electron chi connectivity index (χ4n) is 2.92. The minimum Gasteiger partial charge on any atom is -0.298 e. The van der Waals surface area contributed by atoms with Crippen LogP contribution in [0.5, 0.6) is 0 Å². The first-order valence-electron chi connectivity index (χ1n) is 7.23. The highest BCUT2D eigenvalue weighted by atomic mass is 32.2. The molecule has 0 saturated carbocycles. The van der Waals surface area contributed by atoms with Crippen LogP contribution in [-0.2, 0) is 9.59 Å². The highest BCUT2D eigenvalue weighted by molar-refractivity contribution is 8.02. The van der Waals surface area contributed by atoms with Gasteiger partial charge in [0.1, 0.15) is 4.75 Å². The molecule has 2 rings (SSSR count). The van der Waals surface area contributed by atoms with Crippen molar-refractivity contribution in [1.82, 2.24) is 0 Å². The number of carbonyl (C=O) groups is 2. The van der Waals surface area contributed by atoms with Crippen LogP contribution in [0.15, 0.2) is 43.0 Å². The minimum absolute atomic E-state index is 0.0104. The number of Topliss-reactive ketones (excluding diaryl/α,β-unsaturated/α-hetero) is 2. The van der Waals surface area contributed by atoms with Crippen molar-refractivity contribution in [2.45, 2.75) is 37.9 Å². The Bertz CT molecular complexity index is 556. The summed E-state index contributed by atoms with van der Waals surface area (Å²) in [6.07, 6.45) is 2.22. The lowest BCUT2D eigenvalue weighted by Crippen LogP contribution is -2.50. The summed E-state index contributed by atoms with van der Waals surface area (Å²) in [6.45, 7) is 9.56. The zero-order chi connectivity index (χ0) is 15.7. The quantitative estimate of drug-likeness (QED) is 0.622. The number of ketones is 2. The smallest absolute Gasteiger partial charge is 0.162 e. The molecule has 0 radical (unpaired) electrons. The molecule has 0 N–H and O–H groups in total. The number of carbonyl (C=O) groups excluding carboxylic acids is 2. The molecule has 112 valence electrons. The monoisotopic (exact) mass is 302 g/mol. The molecule has 1 saturated heterocycles. The van der Waals surface area contributed by atoms with Crippen LogP contribution in [0.3, 0.4) is 0 Å². The lowest BCUT2D eigenvalue weighted by molar-refractivity contribution is -0.135. The first kappa shape index (κ1) is 16.0. The number of allylic oxidation sites excluding steroid dienone is 1. The zero-order valence-electron chi connectivity index (χ0n) is 12.9. The van der Waals surface area contributed by atoms with Crippen LogP contribution >= 0.6 is 11.8 Å². The largest absolute Gasteiger partial charge is 0.298 e. The Balaban J connectivity index is 2.57. The number of hydrogen-bond donors (Lipinski definition) is 0. The Hall–Kier alpha value is -1.35. The SMILES string of the molecule is C=CC(c1ccccc1)C1(C(=O)C(C)(C)C)SCCC1=O. The molecule has 1 fully saturated rings. The van der Waals surface area contributed by atoms with Crippen molar-refractivity contribution in [2.75, 3.05) is 5.75 Å². The summed E-state index contributed by atoms with van der Waals surface area (Å²) in [5, 5.41) is 0. The van der Waals surface area contributed by atoms with E-state index in [1.54, 1.807) is 6.08 Å². The number of hydrogen-bond acceptors (Lipinski definition) is 3. The molecule has 0 bridgehead atoms. The van der Waals surface area contributed by atoms with Gasteiger partial charge in [-0.2, -0.15) is 0 Å². The normalized spacial score (nSPS) is 23.9. The van der Waals surface area contributed by atoms with Crippen molar-refractivity contribution >= 4 is 23.3 Å². The summed E-state index contributed by atoms with van der Waals surface area (Å²) in [5.74, 6) is 0.487. The molecule has 1 aliphatic heterocycles. The maximum atomic E-state index is 13.1. The number of rotatable bonds is 4. The predicted molar refractivity (Wildman–Crippen MR) is 88.7 cm³/mol. The second-order valence-electron chi connectivity index (χ2n) is 6.46. The van der Waals surface area contributed by atoms with Crippen molar-refractivity contribution < 1.29 is 9.59 Å². The van der Waals surface area contributed by atoms with E-state index in [-0.39, 0.29) is 17.5 Å². The van der Waals surface area contributed by atoms with Crippen LogP contribution in [-0.4, -0.2) is 22.1 Å². The molecule has 0 spiro atoms. The summed E-state index contributed by atoms with van der Waals surface area (Å²) in [5.41, 5.74) is 0.427. The molecule has 1 aromatic carbocycles. The lowest BCUT2D eigenvalue weighted by atomic mass is 9.72. The average molecular weight is 302 g/mol. The van der Waals surface area contributed by atoms with Gasteiger partial charge < -0.3 is 0 Å². The van der Waals surface area contributed by atoms with Crippen LogP contribution in [0.2, 0.25) is 0 Å². The van der Waals surface area contributed by atoms with E-state index in [1.165, 1.54) is 11.8 Å². The molecule has 2 nitrogen and oxygen atoms in total. The Morgan fingerprint density at radius 1 is 1.33 bits per heavy atom. The van der Waals surface area contributed by atoms with E-state index in [0.29, 0.717) is 12.2 Å². The minimum atomic E-state index is -1.01. The van der Waals surface area contributed by atoms with Crippen LogP contribution < -0.4 is 0 Å². The highest BCUT2D eigenvalue weighted by Crippen LogP contribution is 2.50. The first-order chi connectivity index (χ1) is 9.84. The van der Waals surface area contributed by atoms with Crippen LogP contribution in [0.1, 0.15) is 38.7 Å². The topological polar surface area (TPSA) is 34.1 Å². The van der Waals surface area contributed by atoms with Gasteiger partial charge in [0.25, 0.3) is 0 Å². The fraction of sp³-hybridized carbons (Fsp3) is 0.444. The molecule has 0 aliphatic carbocycles. The van der Waals surface area contributed by atoms with Crippen LogP contribution in [0.25, 0.3) is 0 Å². The molecule has 2 atom stereocenters. The van der Waals surface area contributed by atoms with Gasteiger partial charge in [0.15, 0.2) is 11.6 Å². The molecule has 0 aromatic heterocycles. The van der Waals surface area contributed by atoms with Crippen molar-refractivity contribution in [3.63, 3.8) is 0 Å². The summed E-state index contributed by atoms with van der Waals surface area (Å²) >= 11 is 1.49. The third-order valence-electron chi connectivity index (χ3n) is 3.92. The molecule has 0 amide bonds. The highest BCUT2D eigenvalue weighted by Gasteiger charge is 2.56. The molecule has 1 aliphatic rings. The standard InChI is InChI=1S/C18H22O2S/c1-5-14(13-9-7-6-8-10-13)18(15(19)11-12-21-18)16(20)17(2,3)4/h5-10,14H,1,11-12H2,2-4H3. The van der Waals surface area contributed by atoms with Crippen LogP contribution in [0.4, 0.5) is 0 Å². The van der Waals surface area contributed by atoms with Gasteiger partial charge in [-0.1, -0.05) is 57.2 Å². The first-order valence-corrected chi connectivity index (χ1v) is 8.22. The summed E-state index contributed by atoms with van der Waals surface area (Å²) in [4.78, 5) is 25.8. The van der Waals surface area contributed by atoms with E-state index in [1.807, 2.05) is 51.1 Å². The molecule has 1 aromatic rings. The third-order valence-corrected chi connectivity index (χ3v) is 5.45. The van der Waals surface area contributed by atoms with Gasteiger partial charge in [0.05, 0.1) is 0 Å². The van der Waals surface area contributed by atoms with Crippen molar-refractivity contribution in [3.8, 4) is 0 Å². The molecular weight excluding hydrogens is 280 g/mol. The zero-order valence-corrected chi connectivity index (χ0v) is 13.7. The van der Waals surface area contributed by atoms with E-state index in [9.17, 15) is 9.59 Å². The van der Waals surface area contributed by atoms with Gasteiger partial charge in [-0.05, 0) is 5.56 Å². The molecule has 2 unspecified atom stereocenters. The summed E-state index contributed by atoms with van der Waals surface area (Å²) in [7, 11) is 0. The van der Waals surface area contributed by atoms with E-state index < -0.39 is 10.2 Å². The Kier molecular flexibility index (Phi) is 4.43. The molecule has 3 heteroatoms. The molecule has 21 heavy (non-hydrogen) atoms. The Labute approximate surface area is 131 Å². The van der Waals surface area contributed by atoms with Gasteiger partial charge in [-0.25, -0.2) is 0 Å². The maximum absolute atomic E-state index is 13.1. The Morgan fingerprint density at radius 2 is 1.95 bits per heavy atom. The van der Waals surface area contributed by atoms with Crippen molar-refractivity contribution in [2.24, 2.45) is 5.41 Å². The van der Waals surface area contributed by atoms with Crippen LogP contribution in [0, 0.1) is 5.41 Å². The maximum Gasteiger partial charge on any atom is 0.162 e. The van der Waals surface area contributed by atoms with Gasteiger partial charge in [-0.3, -0.25) is 9.59 Å². The van der Waals surface area contributed by atoms with Gasteiger partial charge in [0.2, 0.25) is 0 Å². The second-order valence-corrected chi connectivity index (χ2v) is 7.80. The molecular formula is C18H22O2S. The fourth-order valence-corrected chi connectivity index (χ4v) is 4.64. The third kappa shape index (κ3) is 2.71. The van der Waals surface area contributed by atoms with E-state index in [0.717, 1.165) is 5.56 Å². The Morgan fingerprint density at radius 3 is 2.38 bits per heavy atom. The van der Waals surface area contributed by atoms with Gasteiger partial charge >= 0.3 is 0 Å². The van der Waals surface area contributed by atoms with Gasteiger partial charge in [-0.15, -0.1) is 18.3 Å².